The van der Waals surface area contributed by atoms with Crippen LogP contribution in [0.25, 0.3) is 0 Å². The Bertz CT molecular complexity index is 461. The SMILES string of the molecule is CC(C)Cn1ccnc(NCCC2CCCCC2)c1=O. The van der Waals surface area contributed by atoms with Crippen molar-refractivity contribution in [2.45, 2.75) is 58.9 Å². The van der Waals surface area contributed by atoms with Crippen LogP contribution in [-0.2, 0) is 6.54 Å². The normalized spacial score (nSPS) is 16.6. The summed E-state index contributed by atoms with van der Waals surface area (Å²) in [5.41, 5.74) is 0.00449. The maximum Gasteiger partial charge on any atom is 0.293 e. The Morgan fingerprint density at radius 2 is 2.10 bits per heavy atom. The summed E-state index contributed by atoms with van der Waals surface area (Å²) in [5, 5.41) is 3.23. The molecule has 0 radical (unpaired) electrons. The molecule has 1 fully saturated rings. The van der Waals surface area contributed by atoms with E-state index >= 15 is 0 Å². The summed E-state index contributed by atoms with van der Waals surface area (Å²) in [6.07, 6.45) is 11.5. The summed E-state index contributed by atoms with van der Waals surface area (Å²) >= 11 is 0. The Balaban J connectivity index is 1.87. The van der Waals surface area contributed by atoms with E-state index in [1.54, 1.807) is 17.0 Å². The molecule has 1 aromatic rings. The number of nitrogens with one attached hydrogen (secondary N) is 1. The summed E-state index contributed by atoms with van der Waals surface area (Å²) in [6, 6.07) is 0. The van der Waals surface area contributed by atoms with Crippen molar-refractivity contribution in [3.05, 3.63) is 22.7 Å². The van der Waals surface area contributed by atoms with E-state index in [-0.39, 0.29) is 5.56 Å². The predicted octanol–water partition coefficient (Wildman–Crippen LogP) is 3.28. The quantitative estimate of drug-likeness (QED) is 0.868. The Morgan fingerprint density at radius 3 is 2.80 bits per heavy atom. The molecule has 20 heavy (non-hydrogen) atoms. The number of nitrogens with zero attached hydrogens (tertiary/aromatic N) is 2. The monoisotopic (exact) mass is 277 g/mol. The molecule has 0 spiro atoms. The van der Waals surface area contributed by atoms with Crippen molar-refractivity contribution < 1.29 is 0 Å². The van der Waals surface area contributed by atoms with Crippen LogP contribution in [0.4, 0.5) is 5.82 Å². The molecule has 0 saturated heterocycles. The summed E-state index contributed by atoms with van der Waals surface area (Å²) < 4.78 is 1.75. The molecule has 1 aliphatic carbocycles. The number of rotatable bonds is 6. The van der Waals surface area contributed by atoms with Gasteiger partial charge in [0, 0.05) is 25.5 Å². The van der Waals surface area contributed by atoms with Gasteiger partial charge in [0.05, 0.1) is 0 Å². The molecule has 0 aliphatic heterocycles. The zero-order chi connectivity index (χ0) is 14.4. The largest absolute Gasteiger partial charge is 0.365 e. The van der Waals surface area contributed by atoms with Gasteiger partial charge in [0.25, 0.3) is 5.56 Å². The van der Waals surface area contributed by atoms with Crippen molar-refractivity contribution in [1.82, 2.24) is 9.55 Å². The van der Waals surface area contributed by atoms with Crippen LogP contribution in [0.15, 0.2) is 17.2 Å². The lowest BCUT2D eigenvalue weighted by molar-refractivity contribution is 0.345. The maximum atomic E-state index is 12.2. The molecule has 0 bridgehead atoms. The highest BCUT2D eigenvalue weighted by Gasteiger charge is 2.13. The highest BCUT2D eigenvalue weighted by Crippen LogP contribution is 2.25. The summed E-state index contributed by atoms with van der Waals surface area (Å²) in [5.74, 6) is 1.80. The van der Waals surface area contributed by atoms with Crippen molar-refractivity contribution >= 4 is 5.82 Å². The second-order valence-electron chi connectivity index (χ2n) is 6.35. The van der Waals surface area contributed by atoms with Gasteiger partial charge in [-0.3, -0.25) is 4.79 Å². The first-order chi connectivity index (χ1) is 9.66. The first-order valence-electron chi connectivity index (χ1n) is 7.96. The lowest BCUT2D eigenvalue weighted by Crippen LogP contribution is -2.26. The lowest BCUT2D eigenvalue weighted by Gasteiger charge is -2.21. The van der Waals surface area contributed by atoms with Crippen molar-refractivity contribution in [2.75, 3.05) is 11.9 Å². The van der Waals surface area contributed by atoms with Crippen LogP contribution in [0, 0.1) is 11.8 Å². The number of aromatic nitrogens is 2. The van der Waals surface area contributed by atoms with Gasteiger partial charge in [-0.1, -0.05) is 46.0 Å². The topological polar surface area (TPSA) is 46.9 Å². The van der Waals surface area contributed by atoms with E-state index < -0.39 is 0 Å². The smallest absolute Gasteiger partial charge is 0.293 e. The van der Waals surface area contributed by atoms with Crippen LogP contribution < -0.4 is 10.9 Å². The highest BCUT2D eigenvalue weighted by atomic mass is 16.1. The zero-order valence-electron chi connectivity index (χ0n) is 12.8. The van der Waals surface area contributed by atoms with E-state index in [9.17, 15) is 4.79 Å². The third kappa shape index (κ3) is 4.36. The first-order valence-corrected chi connectivity index (χ1v) is 7.96. The number of hydrogen-bond acceptors (Lipinski definition) is 3. The molecule has 0 atom stereocenters. The molecule has 0 aromatic carbocycles. The molecule has 112 valence electrons. The van der Waals surface area contributed by atoms with Gasteiger partial charge in [0.15, 0.2) is 5.82 Å². The van der Waals surface area contributed by atoms with Gasteiger partial charge in [-0.2, -0.15) is 0 Å². The molecule has 4 nitrogen and oxygen atoms in total. The molecule has 1 aliphatic rings. The van der Waals surface area contributed by atoms with E-state index in [0.717, 1.165) is 25.4 Å². The minimum Gasteiger partial charge on any atom is -0.365 e. The van der Waals surface area contributed by atoms with E-state index in [4.69, 9.17) is 0 Å². The van der Waals surface area contributed by atoms with Gasteiger partial charge in [-0.25, -0.2) is 4.98 Å². The van der Waals surface area contributed by atoms with Gasteiger partial charge < -0.3 is 9.88 Å². The average Bonchev–Trinajstić information content (AvgIpc) is 2.43. The van der Waals surface area contributed by atoms with Crippen molar-refractivity contribution in [1.29, 1.82) is 0 Å². The maximum absolute atomic E-state index is 12.2. The van der Waals surface area contributed by atoms with Gasteiger partial charge >= 0.3 is 0 Å². The zero-order valence-corrected chi connectivity index (χ0v) is 12.8. The van der Waals surface area contributed by atoms with Gasteiger partial charge in [-0.15, -0.1) is 0 Å². The fourth-order valence-electron chi connectivity index (χ4n) is 2.98. The molecule has 0 unspecified atom stereocenters. The second kappa shape index (κ2) is 7.46. The Morgan fingerprint density at radius 1 is 1.35 bits per heavy atom. The predicted molar refractivity (Wildman–Crippen MR) is 83.0 cm³/mol. The number of hydrogen-bond donors (Lipinski definition) is 1. The lowest BCUT2D eigenvalue weighted by atomic mass is 9.87. The Labute approximate surface area is 121 Å². The Hall–Kier alpha value is -1.32. The van der Waals surface area contributed by atoms with Crippen molar-refractivity contribution in [2.24, 2.45) is 11.8 Å². The van der Waals surface area contributed by atoms with Crippen LogP contribution in [0.2, 0.25) is 0 Å². The first kappa shape index (κ1) is 15.1. The highest BCUT2D eigenvalue weighted by molar-refractivity contribution is 5.30. The van der Waals surface area contributed by atoms with Crippen LogP contribution >= 0.6 is 0 Å². The molecule has 1 aromatic heterocycles. The molecule has 0 amide bonds. The van der Waals surface area contributed by atoms with Gasteiger partial charge in [0.2, 0.25) is 0 Å². The molecular weight excluding hydrogens is 250 g/mol. The third-order valence-electron chi connectivity index (χ3n) is 4.05. The number of anilines is 1. The van der Waals surface area contributed by atoms with E-state index in [0.29, 0.717) is 11.7 Å². The fraction of sp³-hybridized carbons (Fsp3) is 0.750. The van der Waals surface area contributed by atoms with Crippen LogP contribution in [0.3, 0.4) is 0 Å². The van der Waals surface area contributed by atoms with E-state index in [2.05, 4.69) is 24.1 Å². The average molecular weight is 277 g/mol. The second-order valence-corrected chi connectivity index (χ2v) is 6.35. The van der Waals surface area contributed by atoms with Crippen molar-refractivity contribution in [3.8, 4) is 0 Å². The summed E-state index contributed by atoms with van der Waals surface area (Å²) in [4.78, 5) is 16.4. The van der Waals surface area contributed by atoms with Gasteiger partial charge in [0.1, 0.15) is 0 Å². The molecular formula is C16H27N3O. The molecule has 1 saturated carbocycles. The minimum absolute atomic E-state index is 0.00449. The Kier molecular flexibility index (Phi) is 5.62. The molecule has 2 rings (SSSR count). The summed E-state index contributed by atoms with van der Waals surface area (Å²) in [6.45, 7) is 5.84. The molecule has 1 heterocycles. The van der Waals surface area contributed by atoms with Gasteiger partial charge in [-0.05, 0) is 18.3 Å². The third-order valence-corrected chi connectivity index (χ3v) is 4.05. The standard InChI is InChI=1S/C16H27N3O/c1-13(2)12-19-11-10-18-15(16(19)20)17-9-8-14-6-4-3-5-7-14/h10-11,13-14H,3-9,12H2,1-2H3,(H,17,18). The van der Waals surface area contributed by atoms with Crippen LogP contribution in [-0.4, -0.2) is 16.1 Å². The summed E-state index contributed by atoms with van der Waals surface area (Å²) in [7, 11) is 0. The van der Waals surface area contributed by atoms with Crippen LogP contribution in [0.5, 0.6) is 0 Å². The van der Waals surface area contributed by atoms with E-state index in [1.165, 1.54) is 32.1 Å². The van der Waals surface area contributed by atoms with E-state index in [1.807, 2.05) is 0 Å². The van der Waals surface area contributed by atoms with Crippen LogP contribution in [0.1, 0.15) is 52.4 Å². The molecule has 1 N–H and O–H groups in total. The fourth-order valence-corrected chi connectivity index (χ4v) is 2.98. The molecule has 4 heteroatoms. The minimum atomic E-state index is 0.00449. The van der Waals surface area contributed by atoms with Crippen molar-refractivity contribution in [3.63, 3.8) is 0 Å².